The van der Waals surface area contributed by atoms with Crippen LogP contribution in [-0.4, -0.2) is 47.3 Å². The molecule has 0 aromatic heterocycles. The SMILES string of the molecule is Cc1cc(Br)cc(C(=O)N2CCN3C(=O)CCC3C2)c1. The number of hydrogen-bond donors (Lipinski definition) is 0. The first kappa shape index (κ1) is 13.6. The molecule has 1 aromatic rings. The van der Waals surface area contributed by atoms with E-state index in [1.807, 2.05) is 34.9 Å². The molecule has 106 valence electrons. The lowest BCUT2D eigenvalue weighted by Gasteiger charge is -2.37. The van der Waals surface area contributed by atoms with Gasteiger partial charge in [-0.2, -0.15) is 0 Å². The summed E-state index contributed by atoms with van der Waals surface area (Å²) in [5.41, 5.74) is 1.78. The molecule has 2 amide bonds. The summed E-state index contributed by atoms with van der Waals surface area (Å²) in [4.78, 5) is 28.0. The number of nitrogens with zero attached hydrogens (tertiary/aromatic N) is 2. The third-order valence-corrected chi connectivity index (χ3v) is 4.53. The zero-order valence-electron chi connectivity index (χ0n) is 11.4. The molecule has 2 heterocycles. The van der Waals surface area contributed by atoms with Crippen LogP contribution in [0.15, 0.2) is 22.7 Å². The van der Waals surface area contributed by atoms with Crippen LogP contribution >= 0.6 is 15.9 Å². The van der Waals surface area contributed by atoms with E-state index in [0.717, 1.165) is 22.0 Å². The second kappa shape index (κ2) is 5.20. The molecular formula is C15H17BrN2O2. The molecule has 0 bridgehead atoms. The van der Waals surface area contributed by atoms with Gasteiger partial charge in [-0.1, -0.05) is 15.9 Å². The van der Waals surface area contributed by atoms with E-state index in [-0.39, 0.29) is 17.9 Å². The zero-order chi connectivity index (χ0) is 14.3. The molecular weight excluding hydrogens is 320 g/mol. The molecule has 1 atom stereocenters. The minimum Gasteiger partial charge on any atom is -0.336 e. The number of halogens is 1. The highest BCUT2D eigenvalue weighted by Crippen LogP contribution is 2.24. The molecule has 2 aliphatic rings. The van der Waals surface area contributed by atoms with Gasteiger partial charge in [0.05, 0.1) is 0 Å². The summed E-state index contributed by atoms with van der Waals surface area (Å²) >= 11 is 3.43. The van der Waals surface area contributed by atoms with Gasteiger partial charge in [-0.05, 0) is 37.1 Å². The minimum atomic E-state index is 0.0633. The van der Waals surface area contributed by atoms with Crippen LogP contribution in [-0.2, 0) is 4.79 Å². The Balaban J connectivity index is 1.76. The number of rotatable bonds is 1. The molecule has 2 aliphatic heterocycles. The summed E-state index contributed by atoms with van der Waals surface area (Å²) in [5, 5.41) is 0. The average molecular weight is 337 g/mol. The Hall–Kier alpha value is -1.36. The van der Waals surface area contributed by atoms with Crippen molar-refractivity contribution >= 4 is 27.7 Å². The molecule has 5 heteroatoms. The van der Waals surface area contributed by atoms with Gasteiger partial charge in [0.25, 0.3) is 5.91 Å². The van der Waals surface area contributed by atoms with E-state index in [1.54, 1.807) is 0 Å². The van der Waals surface area contributed by atoms with Crippen LogP contribution in [0, 0.1) is 6.92 Å². The van der Waals surface area contributed by atoms with Crippen LogP contribution in [0.25, 0.3) is 0 Å². The Morgan fingerprint density at radius 3 is 2.85 bits per heavy atom. The first-order valence-electron chi connectivity index (χ1n) is 6.90. The second-order valence-electron chi connectivity index (χ2n) is 5.55. The summed E-state index contributed by atoms with van der Waals surface area (Å²) < 4.78 is 0.926. The monoisotopic (exact) mass is 336 g/mol. The Labute approximate surface area is 126 Å². The van der Waals surface area contributed by atoms with Crippen molar-refractivity contribution in [2.45, 2.75) is 25.8 Å². The predicted molar refractivity (Wildman–Crippen MR) is 79.5 cm³/mol. The Bertz CT molecular complexity index is 553. The Morgan fingerprint density at radius 1 is 1.30 bits per heavy atom. The number of amides is 2. The summed E-state index contributed by atoms with van der Waals surface area (Å²) in [6, 6.07) is 5.99. The van der Waals surface area contributed by atoms with Crippen LogP contribution in [0.4, 0.5) is 0 Å². The number of benzene rings is 1. The fourth-order valence-electron chi connectivity index (χ4n) is 3.09. The van der Waals surface area contributed by atoms with Crippen LogP contribution in [0.3, 0.4) is 0 Å². The van der Waals surface area contributed by atoms with E-state index in [0.29, 0.717) is 26.1 Å². The number of fused-ring (bicyclic) bond motifs is 1. The fourth-order valence-corrected chi connectivity index (χ4v) is 3.70. The third-order valence-electron chi connectivity index (χ3n) is 4.07. The number of carbonyl (C=O) groups excluding carboxylic acids is 2. The highest BCUT2D eigenvalue weighted by Gasteiger charge is 2.37. The maximum atomic E-state index is 12.6. The molecule has 0 N–H and O–H groups in total. The summed E-state index contributed by atoms with van der Waals surface area (Å²) in [6.45, 7) is 3.94. The third kappa shape index (κ3) is 2.46. The molecule has 2 fully saturated rings. The summed E-state index contributed by atoms with van der Waals surface area (Å²) in [5.74, 6) is 0.300. The highest BCUT2D eigenvalue weighted by molar-refractivity contribution is 9.10. The average Bonchev–Trinajstić information content (AvgIpc) is 2.78. The Kier molecular flexibility index (Phi) is 3.54. The van der Waals surface area contributed by atoms with Gasteiger partial charge in [-0.25, -0.2) is 0 Å². The molecule has 20 heavy (non-hydrogen) atoms. The van der Waals surface area contributed by atoms with Crippen molar-refractivity contribution in [3.05, 3.63) is 33.8 Å². The fraction of sp³-hybridized carbons (Fsp3) is 0.467. The van der Waals surface area contributed by atoms with Crippen LogP contribution in [0.2, 0.25) is 0 Å². The number of hydrogen-bond acceptors (Lipinski definition) is 2. The van der Waals surface area contributed by atoms with Gasteiger partial charge in [-0.15, -0.1) is 0 Å². The lowest BCUT2D eigenvalue weighted by molar-refractivity contribution is -0.130. The van der Waals surface area contributed by atoms with Gasteiger partial charge in [-0.3, -0.25) is 9.59 Å². The van der Waals surface area contributed by atoms with Gasteiger partial charge in [0.1, 0.15) is 0 Å². The maximum absolute atomic E-state index is 12.6. The quantitative estimate of drug-likeness (QED) is 0.788. The topological polar surface area (TPSA) is 40.6 Å². The van der Waals surface area contributed by atoms with E-state index in [9.17, 15) is 9.59 Å². The molecule has 1 aromatic carbocycles. The second-order valence-corrected chi connectivity index (χ2v) is 6.46. The van der Waals surface area contributed by atoms with Crippen LogP contribution in [0.1, 0.15) is 28.8 Å². The van der Waals surface area contributed by atoms with Crippen molar-refractivity contribution in [3.63, 3.8) is 0 Å². The van der Waals surface area contributed by atoms with Crippen molar-refractivity contribution in [2.24, 2.45) is 0 Å². The van der Waals surface area contributed by atoms with E-state index < -0.39 is 0 Å². The standard InChI is InChI=1S/C15H17BrN2O2/c1-10-6-11(8-12(16)7-10)15(20)17-4-5-18-13(9-17)2-3-14(18)19/h6-8,13H,2-5,9H2,1H3. The number of piperazine rings is 1. The summed E-state index contributed by atoms with van der Waals surface area (Å²) in [6.07, 6.45) is 1.50. The lowest BCUT2D eigenvalue weighted by Crippen LogP contribution is -2.53. The predicted octanol–water partition coefficient (Wildman–Crippen LogP) is 2.20. The van der Waals surface area contributed by atoms with E-state index in [2.05, 4.69) is 15.9 Å². The molecule has 2 saturated heterocycles. The number of aryl methyl sites for hydroxylation is 1. The Morgan fingerprint density at radius 2 is 2.10 bits per heavy atom. The molecule has 0 spiro atoms. The van der Waals surface area contributed by atoms with Gasteiger partial charge < -0.3 is 9.80 Å². The van der Waals surface area contributed by atoms with Crippen LogP contribution < -0.4 is 0 Å². The smallest absolute Gasteiger partial charge is 0.254 e. The van der Waals surface area contributed by atoms with Crippen LogP contribution in [0.5, 0.6) is 0 Å². The molecule has 0 aliphatic carbocycles. The maximum Gasteiger partial charge on any atom is 0.254 e. The van der Waals surface area contributed by atoms with Crippen molar-refractivity contribution in [3.8, 4) is 0 Å². The van der Waals surface area contributed by atoms with E-state index in [4.69, 9.17) is 0 Å². The highest BCUT2D eigenvalue weighted by atomic mass is 79.9. The minimum absolute atomic E-state index is 0.0633. The van der Waals surface area contributed by atoms with Crippen molar-refractivity contribution in [1.29, 1.82) is 0 Å². The molecule has 1 unspecified atom stereocenters. The largest absolute Gasteiger partial charge is 0.336 e. The molecule has 0 radical (unpaired) electrons. The van der Waals surface area contributed by atoms with E-state index >= 15 is 0 Å². The molecule has 3 rings (SSSR count). The van der Waals surface area contributed by atoms with Crippen molar-refractivity contribution < 1.29 is 9.59 Å². The number of carbonyl (C=O) groups is 2. The first-order chi connectivity index (χ1) is 9.54. The molecule has 0 saturated carbocycles. The van der Waals surface area contributed by atoms with Crippen molar-refractivity contribution in [1.82, 2.24) is 9.80 Å². The lowest BCUT2D eigenvalue weighted by atomic mass is 10.1. The summed E-state index contributed by atoms with van der Waals surface area (Å²) in [7, 11) is 0. The normalized spacial score (nSPS) is 22.1. The van der Waals surface area contributed by atoms with Gasteiger partial charge in [0.15, 0.2) is 0 Å². The first-order valence-corrected chi connectivity index (χ1v) is 7.70. The zero-order valence-corrected chi connectivity index (χ0v) is 13.0. The molecule has 4 nitrogen and oxygen atoms in total. The van der Waals surface area contributed by atoms with Gasteiger partial charge >= 0.3 is 0 Å². The van der Waals surface area contributed by atoms with Gasteiger partial charge in [0.2, 0.25) is 5.91 Å². The van der Waals surface area contributed by atoms with Gasteiger partial charge in [0, 0.05) is 42.1 Å². The van der Waals surface area contributed by atoms with Crippen molar-refractivity contribution in [2.75, 3.05) is 19.6 Å². The van der Waals surface area contributed by atoms with E-state index in [1.165, 1.54) is 0 Å².